The van der Waals surface area contributed by atoms with Gasteiger partial charge in [0.05, 0.1) is 25.5 Å². The van der Waals surface area contributed by atoms with Crippen molar-refractivity contribution in [3.8, 4) is 17.0 Å². The maximum atomic E-state index is 13.9. The Balaban J connectivity index is 1.45. The van der Waals surface area contributed by atoms with Gasteiger partial charge in [-0.1, -0.05) is 35.9 Å². The van der Waals surface area contributed by atoms with Gasteiger partial charge in [0.2, 0.25) is 0 Å². The third-order valence-corrected chi connectivity index (χ3v) is 5.74. The van der Waals surface area contributed by atoms with E-state index in [1.807, 2.05) is 12.1 Å². The van der Waals surface area contributed by atoms with Crippen molar-refractivity contribution in [3.63, 3.8) is 0 Å². The van der Waals surface area contributed by atoms with E-state index < -0.39 is 18.0 Å². The van der Waals surface area contributed by atoms with E-state index in [-0.39, 0.29) is 16.9 Å². The molecule has 2 aromatic carbocycles. The quantitative estimate of drug-likeness (QED) is 0.314. The minimum Gasteiger partial charge on any atom is -0.496 e. The number of alkyl halides is 2. The first-order valence-corrected chi connectivity index (χ1v) is 11.2. The Labute approximate surface area is 209 Å². The Kier molecular flexibility index (Phi) is 6.34. The van der Waals surface area contributed by atoms with Crippen molar-refractivity contribution in [2.75, 3.05) is 12.4 Å². The highest BCUT2D eigenvalue weighted by Gasteiger charge is 2.23. The van der Waals surface area contributed by atoms with E-state index >= 15 is 0 Å². The van der Waals surface area contributed by atoms with Crippen LogP contribution in [0.3, 0.4) is 0 Å². The molecular weight excluding hydrogens is 490 g/mol. The van der Waals surface area contributed by atoms with Gasteiger partial charge in [0.25, 0.3) is 12.3 Å². The molecule has 8 nitrogen and oxygen atoms in total. The first-order chi connectivity index (χ1) is 17.4. The van der Waals surface area contributed by atoms with Crippen molar-refractivity contribution in [2.24, 2.45) is 0 Å². The summed E-state index contributed by atoms with van der Waals surface area (Å²) in [5, 5.41) is 11.7. The lowest BCUT2D eigenvalue weighted by molar-refractivity contribution is 0.102. The van der Waals surface area contributed by atoms with Gasteiger partial charge < -0.3 is 10.1 Å². The molecule has 0 fully saturated rings. The number of carbonyl (C=O) groups is 1. The Morgan fingerprint density at radius 1 is 1.14 bits per heavy atom. The first kappa shape index (κ1) is 23.4. The third-order valence-electron chi connectivity index (χ3n) is 5.49. The van der Waals surface area contributed by atoms with E-state index in [0.717, 1.165) is 10.1 Å². The zero-order chi connectivity index (χ0) is 25.2. The normalized spacial score (nSPS) is 11.2. The van der Waals surface area contributed by atoms with Gasteiger partial charge in [0.1, 0.15) is 17.0 Å². The van der Waals surface area contributed by atoms with Crippen molar-refractivity contribution in [2.45, 2.75) is 13.0 Å². The summed E-state index contributed by atoms with van der Waals surface area (Å²) in [7, 11) is 1.48. The second-order valence-electron chi connectivity index (χ2n) is 7.84. The fourth-order valence-corrected chi connectivity index (χ4v) is 3.90. The Morgan fingerprint density at radius 2 is 1.92 bits per heavy atom. The molecule has 0 aliphatic heterocycles. The highest BCUT2D eigenvalue weighted by molar-refractivity contribution is 6.30. The van der Waals surface area contributed by atoms with Crippen LogP contribution in [-0.4, -0.2) is 37.4 Å². The molecule has 0 saturated heterocycles. The second kappa shape index (κ2) is 9.74. The van der Waals surface area contributed by atoms with Crippen LogP contribution in [0, 0.1) is 0 Å². The number of para-hydroxylation sites is 1. The summed E-state index contributed by atoms with van der Waals surface area (Å²) < 4.78 is 35.8. The molecule has 0 spiro atoms. The van der Waals surface area contributed by atoms with E-state index in [2.05, 4.69) is 20.5 Å². The average molecular weight is 509 g/mol. The summed E-state index contributed by atoms with van der Waals surface area (Å²) in [6.45, 7) is 0.478. The molecule has 5 aromatic rings. The van der Waals surface area contributed by atoms with Crippen LogP contribution in [0.5, 0.6) is 5.75 Å². The highest BCUT2D eigenvalue weighted by atomic mass is 35.5. The molecular formula is C25H19ClF2N6O2. The number of aromatic nitrogens is 5. The monoisotopic (exact) mass is 508 g/mol. The molecule has 0 atom stereocenters. The molecule has 1 N–H and O–H groups in total. The molecule has 0 unspecified atom stereocenters. The summed E-state index contributed by atoms with van der Waals surface area (Å²) >= 11 is 5.92. The van der Waals surface area contributed by atoms with Crippen molar-refractivity contribution in [1.29, 1.82) is 0 Å². The molecule has 0 radical (unpaired) electrons. The largest absolute Gasteiger partial charge is 0.496 e. The number of halogens is 3. The Morgan fingerprint density at radius 3 is 2.67 bits per heavy atom. The molecule has 0 saturated carbocycles. The van der Waals surface area contributed by atoms with Gasteiger partial charge >= 0.3 is 0 Å². The van der Waals surface area contributed by atoms with Crippen molar-refractivity contribution in [3.05, 3.63) is 94.9 Å². The minimum absolute atomic E-state index is 0.00759. The van der Waals surface area contributed by atoms with Crippen LogP contribution < -0.4 is 10.1 Å². The number of anilines is 1. The number of amides is 1. The maximum absolute atomic E-state index is 13.9. The summed E-state index contributed by atoms with van der Waals surface area (Å²) in [4.78, 5) is 17.5. The Bertz CT molecular complexity index is 1550. The first-order valence-electron chi connectivity index (χ1n) is 10.8. The SMILES string of the molecule is COc1ccccc1-c1cc(C(F)F)n2ncc(C(=O)Nc3ccn(Cc4ccc(Cl)cc4)n3)c2n1. The van der Waals surface area contributed by atoms with Gasteiger partial charge in [-0.05, 0) is 35.9 Å². The molecule has 3 aromatic heterocycles. The zero-order valence-corrected chi connectivity index (χ0v) is 19.7. The molecule has 1 amide bonds. The fraction of sp³-hybridized carbons (Fsp3) is 0.120. The summed E-state index contributed by atoms with van der Waals surface area (Å²) in [5.74, 6) is 0.182. The van der Waals surface area contributed by atoms with Crippen molar-refractivity contribution in [1.82, 2.24) is 24.4 Å². The predicted octanol–water partition coefficient (Wildman–Crippen LogP) is 5.49. The topological polar surface area (TPSA) is 86.3 Å². The molecule has 36 heavy (non-hydrogen) atoms. The number of methoxy groups -OCH3 is 1. The van der Waals surface area contributed by atoms with Crippen molar-refractivity contribution >= 4 is 29.0 Å². The smallest absolute Gasteiger partial charge is 0.280 e. The van der Waals surface area contributed by atoms with Gasteiger partial charge in [-0.2, -0.15) is 10.2 Å². The van der Waals surface area contributed by atoms with E-state index in [1.54, 1.807) is 53.3 Å². The molecule has 11 heteroatoms. The number of hydrogen-bond acceptors (Lipinski definition) is 5. The molecule has 0 aliphatic carbocycles. The third kappa shape index (κ3) is 4.63. The van der Waals surface area contributed by atoms with Crippen LogP contribution in [0.2, 0.25) is 5.02 Å². The second-order valence-corrected chi connectivity index (χ2v) is 8.28. The Hall–Kier alpha value is -4.31. The predicted molar refractivity (Wildman–Crippen MR) is 131 cm³/mol. The van der Waals surface area contributed by atoms with E-state index in [0.29, 0.717) is 28.7 Å². The molecule has 5 rings (SSSR count). The van der Waals surface area contributed by atoms with Crippen molar-refractivity contribution < 1.29 is 18.3 Å². The lowest BCUT2D eigenvalue weighted by atomic mass is 10.1. The number of fused-ring (bicyclic) bond motifs is 1. The molecule has 3 heterocycles. The zero-order valence-electron chi connectivity index (χ0n) is 18.9. The summed E-state index contributed by atoms with van der Waals surface area (Å²) in [5.41, 5.74) is 1.35. The van der Waals surface area contributed by atoms with Gasteiger partial charge in [-0.15, -0.1) is 0 Å². The number of carbonyl (C=O) groups excluding carboxylic acids is 1. The minimum atomic E-state index is -2.84. The molecule has 0 bridgehead atoms. The number of nitrogens with zero attached hydrogens (tertiary/aromatic N) is 5. The number of ether oxygens (including phenoxy) is 1. The van der Waals surface area contributed by atoms with Crippen LogP contribution in [0.4, 0.5) is 14.6 Å². The standard InChI is InChI=1S/C25H19ClF2N6O2/c1-36-21-5-3-2-4-17(21)19-12-20(23(27)28)34-24(30-19)18(13-29-34)25(35)31-22-10-11-33(32-22)14-15-6-8-16(26)9-7-15/h2-13,23H,14H2,1H3,(H,31,32,35). The number of nitrogens with one attached hydrogen (secondary N) is 1. The average Bonchev–Trinajstić information content (AvgIpc) is 3.51. The van der Waals surface area contributed by atoms with E-state index in [9.17, 15) is 13.6 Å². The van der Waals surface area contributed by atoms with E-state index in [4.69, 9.17) is 16.3 Å². The number of benzene rings is 2. The van der Waals surface area contributed by atoms with Gasteiger partial charge in [0, 0.05) is 22.8 Å². The fourth-order valence-electron chi connectivity index (χ4n) is 3.77. The van der Waals surface area contributed by atoms with Gasteiger partial charge in [0.15, 0.2) is 11.5 Å². The maximum Gasteiger partial charge on any atom is 0.280 e. The lowest BCUT2D eigenvalue weighted by Crippen LogP contribution is -2.13. The summed E-state index contributed by atoms with van der Waals surface area (Å²) in [6, 6.07) is 17.1. The van der Waals surface area contributed by atoms with Gasteiger partial charge in [-0.25, -0.2) is 18.3 Å². The van der Waals surface area contributed by atoms with Crippen LogP contribution in [0.25, 0.3) is 16.9 Å². The lowest BCUT2D eigenvalue weighted by Gasteiger charge is -2.11. The molecule has 0 aliphatic rings. The van der Waals surface area contributed by atoms with Crippen LogP contribution in [-0.2, 0) is 6.54 Å². The van der Waals surface area contributed by atoms with Crippen LogP contribution in [0.1, 0.15) is 28.0 Å². The highest BCUT2D eigenvalue weighted by Crippen LogP contribution is 2.32. The van der Waals surface area contributed by atoms with Gasteiger partial charge in [-0.3, -0.25) is 9.48 Å². The summed E-state index contributed by atoms with van der Waals surface area (Å²) in [6.07, 6.45) is 0.0800. The van der Waals surface area contributed by atoms with Crippen LogP contribution in [0.15, 0.2) is 73.1 Å². The van der Waals surface area contributed by atoms with E-state index in [1.165, 1.54) is 19.4 Å². The van der Waals surface area contributed by atoms with Crippen LogP contribution >= 0.6 is 11.6 Å². The number of hydrogen-bond donors (Lipinski definition) is 1. The number of rotatable bonds is 7. The molecule has 182 valence electrons.